The van der Waals surface area contributed by atoms with Crippen LogP contribution in [-0.4, -0.2) is 24.0 Å². The molecule has 1 amide bonds. The van der Waals surface area contributed by atoms with Crippen molar-refractivity contribution in [3.8, 4) is 0 Å². The van der Waals surface area contributed by atoms with E-state index in [1.165, 1.54) is 14.0 Å². The number of hydrogen-bond acceptors (Lipinski definition) is 2. The Kier molecular flexibility index (Phi) is 4.60. The van der Waals surface area contributed by atoms with Gasteiger partial charge in [-0.2, -0.15) is 0 Å². The van der Waals surface area contributed by atoms with E-state index >= 15 is 0 Å². The first-order chi connectivity index (χ1) is 6.34. The van der Waals surface area contributed by atoms with Crippen molar-refractivity contribution < 1.29 is 14.7 Å². The van der Waals surface area contributed by atoms with Crippen LogP contribution in [0.3, 0.4) is 0 Å². The second-order valence-electron chi connectivity index (χ2n) is 4.15. The van der Waals surface area contributed by atoms with Crippen LogP contribution in [0.25, 0.3) is 0 Å². The number of aliphatic carboxylic acids is 1. The van der Waals surface area contributed by atoms with Crippen LogP contribution in [-0.2, 0) is 9.59 Å². The molecule has 4 nitrogen and oxygen atoms in total. The van der Waals surface area contributed by atoms with E-state index in [9.17, 15) is 9.59 Å². The van der Waals surface area contributed by atoms with Gasteiger partial charge in [-0.15, -0.1) is 0 Å². The summed E-state index contributed by atoms with van der Waals surface area (Å²) in [7, 11) is 1.46. The molecule has 0 saturated heterocycles. The third-order valence-corrected chi connectivity index (χ3v) is 2.42. The van der Waals surface area contributed by atoms with Crippen molar-refractivity contribution in [2.75, 3.05) is 7.05 Å². The van der Waals surface area contributed by atoms with Crippen LogP contribution in [0, 0.1) is 11.3 Å². The normalized spacial score (nSPS) is 14.9. The van der Waals surface area contributed by atoms with Crippen molar-refractivity contribution in [3.05, 3.63) is 0 Å². The topological polar surface area (TPSA) is 66.4 Å². The van der Waals surface area contributed by atoms with Gasteiger partial charge in [-0.05, 0) is 25.7 Å². The molecule has 1 atom stereocenters. The summed E-state index contributed by atoms with van der Waals surface area (Å²) in [5.41, 5.74) is -1.29. The molecule has 0 saturated carbocycles. The second-order valence-corrected chi connectivity index (χ2v) is 4.15. The van der Waals surface area contributed by atoms with Gasteiger partial charge in [0.1, 0.15) is 5.41 Å². The van der Waals surface area contributed by atoms with Gasteiger partial charge < -0.3 is 10.4 Å². The van der Waals surface area contributed by atoms with Crippen molar-refractivity contribution in [1.29, 1.82) is 0 Å². The lowest BCUT2D eigenvalue weighted by atomic mass is 9.82. The highest BCUT2D eigenvalue weighted by Crippen LogP contribution is 2.26. The van der Waals surface area contributed by atoms with Gasteiger partial charge in [-0.3, -0.25) is 9.59 Å². The monoisotopic (exact) mass is 201 g/mol. The summed E-state index contributed by atoms with van der Waals surface area (Å²) in [5.74, 6) is -1.08. The average Bonchev–Trinajstić information content (AvgIpc) is 2.12. The molecule has 1 unspecified atom stereocenters. The lowest BCUT2D eigenvalue weighted by Gasteiger charge is -2.23. The number of amides is 1. The lowest BCUT2D eigenvalue weighted by Crippen LogP contribution is -2.43. The molecule has 0 bridgehead atoms. The quantitative estimate of drug-likeness (QED) is 0.658. The van der Waals surface area contributed by atoms with E-state index in [2.05, 4.69) is 5.32 Å². The molecule has 0 aliphatic heterocycles. The van der Waals surface area contributed by atoms with Gasteiger partial charge in [-0.1, -0.05) is 13.8 Å². The highest BCUT2D eigenvalue weighted by Gasteiger charge is 2.40. The van der Waals surface area contributed by atoms with Gasteiger partial charge in [0, 0.05) is 7.05 Å². The molecule has 0 aromatic rings. The van der Waals surface area contributed by atoms with Gasteiger partial charge in [-0.25, -0.2) is 0 Å². The predicted molar refractivity (Wildman–Crippen MR) is 53.9 cm³/mol. The van der Waals surface area contributed by atoms with E-state index in [4.69, 9.17) is 5.11 Å². The molecule has 4 heteroatoms. The minimum atomic E-state index is -1.29. The number of carbonyl (C=O) groups is 2. The maximum absolute atomic E-state index is 11.4. The number of hydrogen-bond donors (Lipinski definition) is 2. The van der Waals surface area contributed by atoms with E-state index < -0.39 is 17.3 Å². The van der Waals surface area contributed by atoms with Crippen LogP contribution in [0.4, 0.5) is 0 Å². The maximum atomic E-state index is 11.4. The average molecular weight is 201 g/mol. The van der Waals surface area contributed by atoms with E-state index in [-0.39, 0.29) is 0 Å². The minimum absolute atomic E-state index is 0.375. The van der Waals surface area contributed by atoms with Crippen LogP contribution in [0.15, 0.2) is 0 Å². The van der Waals surface area contributed by atoms with E-state index in [0.717, 1.165) is 6.42 Å². The SMILES string of the molecule is CNC(=O)C(C)(CCC(C)C)C(=O)O. The van der Waals surface area contributed by atoms with Crippen molar-refractivity contribution in [2.24, 2.45) is 11.3 Å². The largest absolute Gasteiger partial charge is 0.480 e. The standard InChI is InChI=1S/C10H19NO3/c1-7(2)5-6-10(3,9(13)14)8(12)11-4/h7H,5-6H2,1-4H3,(H,11,12)(H,13,14). The molecule has 0 heterocycles. The fourth-order valence-electron chi connectivity index (χ4n) is 1.17. The zero-order chi connectivity index (χ0) is 11.4. The number of rotatable bonds is 5. The molecule has 82 valence electrons. The minimum Gasteiger partial charge on any atom is -0.480 e. The van der Waals surface area contributed by atoms with Crippen molar-refractivity contribution in [1.82, 2.24) is 5.32 Å². The van der Waals surface area contributed by atoms with Gasteiger partial charge in [0.2, 0.25) is 5.91 Å². The number of carboxylic acids is 1. The fraction of sp³-hybridized carbons (Fsp3) is 0.800. The van der Waals surface area contributed by atoms with Gasteiger partial charge in [0.15, 0.2) is 0 Å². The van der Waals surface area contributed by atoms with Gasteiger partial charge >= 0.3 is 5.97 Å². The van der Waals surface area contributed by atoms with Crippen LogP contribution in [0.1, 0.15) is 33.6 Å². The molecular formula is C10H19NO3. The third kappa shape index (κ3) is 3.01. The first kappa shape index (κ1) is 12.9. The maximum Gasteiger partial charge on any atom is 0.318 e. The van der Waals surface area contributed by atoms with Crippen molar-refractivity contribution in [3.63, 3.8) is 0 Å². The summed E-state index contributed by atoms with van der Waals surface area (Å²) in [6, 6.07) is 0. The summed E-state index contributed by atoms with van der Waals surface area (Å²) >= 11 is 0. The Morgan fingerprint density at radius 2 is 1.93 bits per heavy atom. The van der Waals surface area contributed by atoms with Crippen LogP contribution < -0.4 is 5.32 Å². The molecule has 0 radical (unpaired) electrons. The van der Waals surface area contributed by atoms with Gasteiger partial charge in [0.05, 0.1) is 0 Å². The summed E-state index contributed by atoms with van der Waals surface area (Å²) in [6.45, 7) is 5.48. The Labute approximate surface area is 84.7 Å². The van der Waals surface area contributed by atoms with Crippen molar-refractivity contribution >= 4 is 11.9 Å². The molecule has 0 fully saturated rings. The molecule has 14 heavy (non-hydrogen) atoms. The number of carboxylic acid groups (broad SMARTS) is 1. The Morgan fingerprint density at radius 1 is 1.43 bits per heavy atom. The van der Waals surface area contributed by atoms with Crippen LogP contribution in [0.5, 0.6) is 0 Å². The Balaban J connectivity index is 4.56. The first-order valence-corrected chi connectivity index (χ1v) is 4.80. The van der Waals surface area contributed by atoms with Crippen molar-refractivity contribution in [2.45, 2.75) is 33.6 Å². The molecule has 0 aliphatic rings. The molecule has 0 aromatic heterocycles. The smallest absolute Gasteiger partial charge is 0.318 e. The Morgan fingerprint density at radius 3 is 2.21 bits per heavy atom. The third-order valence-electron chi connectivity index (χ3n) is 2.42. The number of carbonyl (C=O) groups excluding carboxylic acids is 1. The van der Waals surface area contributed by atoms with Crippen LogP contribution >= 0.6 is 0 Å². The fourth-order valence-corrected chi connectivity index (χ4v) is 1.17. The molecule has 0 spiro atoms. The first-order valence-electron chi connectivity index (χ1n) is 4.80. The molecular weight excluding hydrogens is 182 g/mol. The second kappa shape index (κ2) is 4.98. The Hall–Kier alpha value is -1.06. The summed E-state index contributed by atoms with van der Waals surface area (Å²) in [6.07, 6.45) is 1.11. The molecule has 0 rings (SSSR count). The summed E-state index contributed by atoms with van der Waals surface area (Å²) in [4.78, 5) is 22.4. The Bertz CT molecular complexity index is 225. The highest BCUT2D eigenvalue weighted by atomic mass is 16.4. The van der Waals surface area contributed by atoms with E-state index in [1.54, 1.807) is 0 Å². The van der Waals surface area contributed by atoms with E-state index in [1.807, 2.05) is 13.8 Å². The lowest BCUT2D eigenvalue weighted by molar-refractivity contribution is -0.155. The zero-order valence-electron chi connectivity index (χ0n) is 9.26. The molecule has 2 N–H and O–H groups in total. The predicted octanol–water partition coefficient (Wildman–Crippen LogP) is 1.26. The van der Waals surface area contributed by atoms with E-state index in [0.29, 0.717) is 12.3 Å². The molecule has 0 aliphatic carbocycles. The summed E-state index contributed by atoms with van der Waals surface area (Å²) < 4.78 is 0. The zero-order valence-corrected chi connectivity index (χ0v) is 9.26. The molecule has 0 aromatic carbocycles. The highest BCUT2D eigenvalue weighted by molar-refractivity contribution is 6.01. The van der Waals surface area contributed by atoms with Crippen LogP contribution in [0.2, 0.25) is 0 Å². The number of nitrogens with one attached hydrogen (secondary N) is 1. The summed E-state index contributed by atoms with van der Waals surface area (Å²) in [5, 5.41) is 11.4. The van der Waals surface area contributed by atoms with Gasteiger partial charge in [0.25, 0.3) is 0 Å².